The van der Waals surface area contributed by atoms with Crippen molar-refractivity contribution in [2.24, 2.45) is 5.92 Å². The zero-order chi connectivity index (χ0) is 15.0. The number of hydrogen-bond acceptors (Lipinski definition) is 4. The van der Waals surface area contributed by atoms with E-state index in [9.17, 15) is 8.42 Å². The van der Waals surface area contributed by atoms with Gasteiger partial charge in [-0.05, 0) is 39.5 Å². The number of aliphatic hydroxyl groups excluding tert-OH is 1. The lowest BCUT2D eigenvalue weighted by Gasteiger charge is -2.43. The molecule has 20 heavy (non-hydrogen) atoms. The first kappa shape index (κ1) is 16.2. The van der Waals surface area contributed by atoms with E-state index in [4.69, 9.17) is 9.84 Å². The van der Waals surface area contributed by atoms with E-state index in [0.717, 1.165) is 12.8 Å². The van der Waals surface area contributed by atoms with Crippen molar-refractivity contribution in [1.29, 1.82) is 0 Å². The molecule has 0 spiro atoms. The fourth-order valence-corrected chi connectivity index (χ4v) is 4.93. The average Bonchev–Trinajstić information content (AvgIpc) is 2.36. The topological polar surface area (TPSA) is 70.1 Å². The molecule has 2 heterocycles. The van der Waals surface area contributed by atoms with E-state index >= 15 is 0 Å². The summed E-state index contributed by atoms with van der Waals surface area (Å²) in [6.45, 7) is 7.69. The maximum Gasteiger partial charge on any atom is 0.282 e. The van der Waals surface area contributed by atoms with Gasteiger partial charge in [-0.15, -0.1) is 0 Å². The number of piperidine rings is 1. The number of ether oxygens (including phenoxy) is 1. The Hall–Kier alpha value is -0.210. The molecule has 0 bridgehead atoms. The van der Waals surface area contributed by atoms with Crippen LogP contribution in [0.4, 0.5) is 0 Å². The van der Waals surface area contributed by atoms with Crippen molar-refractivity contribution in [3.05, 3.63) is 0 Å². The summed E-state index contributed by atoms with van der Waals surface area (Å²) in [4.78, 5) is 0. The molecule has 2 aliphatic rings. The number of hydrogen-bond donors (Lipinski definition) is 1. The molecule has 6 nitrogen and oxygen atoms in total. The summed E-state index contributed by atoms with van der Waals surface area (Å²) in [5.74, 6) is 0.238. The van der Waals surface area contributed by atoms with E-state index in [0.29, 0.717) is 26.2 Å². The summed E-state index contributed by atoms with van der Waals surface area (Å²) in [5, 5.41) is 9.14. The highest BCUT2D eigenvalue weighted by atomic mass is 32.2. The first-order valence-electron chi connectivity index (χ1n) is 7.28. The highest BCUT2D eigenvalue weighted by molar-refractivity contribution is 7.86. The summed E-state index contributed by atoms with van der Waals surface area (Å²) in [7, 11) is -3.42. The van der Waals surface area contributed by atoms with Crippen LogP contribution in [0.3, 0.4) is 0 Å². The monoisotopic (exact) mass is 306 g/mol. The molecule has 0 aromatic heterocycles. The van der Waals surface area contributed by atoms with Crippen LogP contribution in [0.2, 0.25) is 0 Å². The molecule has 0 saturated carbocycles. The molecule has 0 aromatic rings. The van der Waals surface area contributed by atoms with Crippen molar-refractivity contribution in [2.45, 2.75) is 45.3 Å². The molecule has 0 radical (unpaired) electrons. The first-order chi connectivity index (χ1) is 9.24. The van der Waals surface area contributed by atoms with Gasteiger partial charge in [-0.3, -0.25) is 0 Å². The van der Waals surface area contributed by atoms with Gasteiger partial charge in [-0.2, -0.15) is 17.0 Å². The molecule has 118 valence electrons. The Kier molecular flexibility index (Phi) is 4.76. The lowest BCUT2D eigenvalue weighted by molar-refractivity contribution is -0.110. The Bertz CT molecular complexity index is 430. The van der Waals surface area contributed by atoms with Crippen LogP contribution in [0.1, 0.15) is 33.6 Å². The standard InChI is InChI=1S/C13H26N2O4S/c1-11-8-15(10-13(2,3)19-11)20(17,18)14-6-4-12(9-16)5-7-14/h11-12,16H,4-10H2,1-3H3. The average molecular weight is 306 g/mol. The maximum absolute atomic E-state index is 12.7. The number of nitrogens with zero attached hydrogens (tertiary/aromatic N) is 2. The van der Waals surface area contributed by atoms with Gasteiger partial charge < -0.3 is 9.84 Å². The largest absolute Gasteiger partial charge is 0.396 e. The summed E-state index contributed by atoms with van der Waals surface area (Å²) in [6, 6.07) is 0. The van der Waals surface area contributed by atoms with Crippen LogP contribution in [0.5, 0.6) is 0 Å². The smallest absolute Gasteiger partial charge is 0.282 e. The van der Waals surface area contributed by atoms with Crippen LogP contribution in [0, 0.1) is 5.92 Å². The Morgan fingerprint density at radius 3 is 2.35 bits per heavy atom. The lowest BCUT2D eigenvalue weighted by atomic mass is 10.00. The quantitative estimate of drug-likeness (QED) is 0.821. The van der Waals surface area contributed by atoms with Crippen molar-refractivity contribution in [1.82, 2.24) is 8.61 Å². The molecule has 1 N–H and O–H groups in total. The molecular weight excluding hydrogens is 280 g/mol. The van der Waals surface area contributed by atoms with E-state index in [-0.39, 0.29) is 18.6 Å². The van der Waals surface area contributed by atoms with E-state index in [1.165, 1.54) is 0 Å². The maximum atomic E-state index is 12.7. The second kappa shape index (κ2) is 5.88. The molecule has 1 unspecified atom stereocenters. The molecule has 7 heteroatoms. The minimum atomic E-state index is -3.42. The zero-order valence-electron chi connectivity index (χ0n) is 12.6. The van der Waals surface area contributed by atoms with E-state index in [1.807, 2.05) is 20.8 Å². The molecule has 0 amide bonds. The third-order valence-corrected chi connectivity index (χ3v) is 5.97. The highest BCUT2D eigenvalue weighted by Gasteiger charge is 2.40. The van der Waals surface area contributed by atoms with Gasteiger partial charge in [0.25, 0.3) is 10.2 Å². The SMILES string of the molecule is CC1CN(S(=O)(=O)N2CCC(CO)CC2)CC(C)(C)O1. The van der Waals surface area contributed by atoms with Gasteiger partial charge in [-0.25, -0.2) is 0 Å². The first-order valence-corrected chi connectivity index (χ1v) is 8.68. The third-order valence-electron chi connectivity index (χ3n) is 4.02. The normalized spacial score (nSPS) is 30.5. The molecule has 2 saturated heterocycles. The van der Waals surface area contributed by atoms with Crippen LogP contribution in [-0.4, -0.2) is 66.6 Å². The lowest BCUT2D eigenvalue weighted by Crippen LogP contribution is -2.57. The Morgan fingerprint density at radius 2 is 1.85 bits per heavy atom. The predicted octanol–water partition coefficient (Wildman–Crippen LogP) is 0.435. The Balaban J connectivity index is 2.06. The number of aliphatic hydroxyl groups is 1. The van der Waals surface area contributed by atoms with Gasteiger partial charge in [0.2, 0.25) is 0 Å². The van der Waals surface area contributed by atoms with Crippen molar-refractivity contribution in [3.8, 4) is 0 Å². The van der Waals surface area contributed by atoms with E-state index < -0.39 is 15.8 Å². The van der Waals surface area contributed by atoms with Crippen molar-refractivity contribution < 1.29 is 18.3 Å². The Labute approximate surface area is 121 Å². The minimum Gasteiger partial charge on any atom is -0.396 e. The van der Waals surface area contributed by atoms with E-state index in [2.05, 4.69) is 0 Å². The zero-order valence-corrected chi connectivity index (χ0v) is 13.4. The molecule has 1 atom stereocenters. The molecule has 2 rings (SSSR count). The van der Waals surface area contributed by atoms with Crippen LogP contribution < -0.4 is 0 Å². The van der Waals surface area contributed by atoms with Gasteiger partial charge in [0.05, 0.1) is 11.7 Å². The van der Waals surface area contributed by atoms with Crippen LogP contribution in [0.15, 0.2) is 0 Å². The summed E-state index contributed by atoms with van der Waals surface area (Å²) >= 11 is 0. The molecule has 2 fully saturated rings. The van der Waals surface area contributed by atoms with Crippen molar-refractivity contribution >= 4 is 10.2 Å². The summed E-state index contributed by atoms with van der Waals surface area (Å²) < 4.78 is 34.3. The fraction of sp³-hybridized carbons (Fsp3) is 1.00. The van der Waals surface area contributed by atoms with Crippen LogP contribution in [0.25, 0.3) is 0 Å². The van der Waals surface area contributed by atoms with Crippen molar-refractivity contribution in [2.75, 3.05) is 32.8 Å². The molecule has 0 aliphatic carbocycles. The molecule has 0 aromatic carbocycles. The van der Waals surface area contributed by atoms with Crippen LogP contribution >= 0.6 is 0 Å². The summed E-state index contributed by atoms with van der Waals surface area (Å²) in [5.41, 5.74) is -0.450. The van der Waals surface area contributed by atoms with Gasteiger partial charge in [0, 0.05) is 32.8 Å². The Morgan fingerprint density at radius 1 is 1.25 bits per heavy atom. The fourth-order valence-electron chi connectivity index (χ4n) is 3.06. The van der Waals surface area contributed by atoms with Gasteiger partial charge in [0.15, 0.2) is 0 Å². The second-order valence-electron chi connectivity index (χ2n) is 6.51. The number of morpholine rings is 1. The number of rotatable bonds is 3. The van der Waals surface area contributed by atoms with Crippen molar-refractivity contribution in [3.63, 3.8) is 0 Å². The predicted molar refractivity (Wildman–Crippen MR) is 76.5 cm³/mol. The second-order valence-corrected chi connectivity index (χ2v) is 8.44. The summed E-state index contributed by atoms with van der Waals surface area (Å²) in [6.07, 6.45) is 1.38. The van der Waals surface area contributed by atoms with Gasteiger partial charge >= 0.3 is 0 Å². The highest BCUT2D eigenvalue weighted by Crippen LogP contribution is 2.26. The van der Waals surface area contributed by atoms with Gasteiger partial charge in [0.1, 0.15) is 0 Å². The molecular formula is C13H26N2O4S. The third kappa shape index (κ3) is 3.51. The van der Waals surface area contributed by atoms with Crippen LogP contribution in [-0.2, 0) is 14.9 Å². The van der Waals surface area contributed by atoms with Gasteiger partial charge in [-0.1, -0.05) is 0 Å². The van der Waals surface area contributed by atoms with E-state index in [1.54, 1.807) is 8.61 Å². The minimum absolute atomic E-state index is 0.0940. The molecule has 2 aliphatic heterocycles.